The average molecular weight is 289 g/mol. The highest BCUT2D eigenvalue weighted by Crippen LogP contribution is 2.09. The number of ether oxygens (including phenoxy) is 2. The number of carboxylic acid groups (broad SMARTS) is 1. The summed E-state index contributed by atoms with van der Waals surface area (Å²) in [5.41, 5.74) is -0.703. The van der Waals surface area contributed by atoms with E-state index in [4.69, 9.17) is 14.6 Å². The van der Waals surface area contributed by atoms with Gasteiger partial charge in [-0.15, -0.1) is 0 Å². The second-order valence-electron chi connectivity index (χ2n) is 5.61. The van der Waals surface area contributed by atoms with Crippen LogP contribution >= 0.6 is 0 Å². The van der Waals surface area contributed by atoms with Gasteiger partial charge in [-0.05, 0) is 34.6 Å². The molecular formula is C13H23NO6. The number of carboxylic acids is 1. The van der Waals surface area contributed by atoms with Gasteiger partial charge in [0.2, 0.25) is 5.91 Å². The summed E-state index contributed by atoms with van der Waals surface area (Å²) in [5.74, 6) is -2.57. The quantitative estimate of drug-likeness (QED) is 0.669. The fourth-order valence-corrected chi connectivity index (χ4v) is 1.23. The molecule has 0 fully saturated rings. The van der Waals surface area contributed by atoms with Crippen molar-refractivity contribution in [3.63, 3.8) is 0 Å². The molecule has 20 heavy (non-hydrogen) atoms. The molecule has 0 saturated heterocycles. The molecule has 1 amide bonds. The Kier molecular flexibility index (Phi) is 7.20. The molecule has 2 N–H and O–H groups in total. The van der Waals surface area contributed by atoms with Crippen molar-refractivity contribution in [2.45, 2.75) is 58.8 Å². The van der Waals surface area contributed by atoms with E-state index >= 15 is 0 Å². The lowest BCUT2D eigenvalue weighted by molar-refractivity contribution is -0.158. The van der Waals surface area contributed by atoms with Crippen molar-refractivity contribution < 1.29 is 29.0 Å². The van der Waals surface area contributed by atoms with Crippen molar-refractivity contribution >= 4 is 17.8 Å². The third kappa shape index (κ3) is 9.32. The highest BCUT2D eigenvalue weighted by atomic mass is 16.6. The lowest BCUT2D eigenvalue weighted by atomic mass is 10.1. The van der Waals surface area contributed by atoms with Crippen molar-refractivity contribution in [2.24, 2.45) is 0 Å². The molecule has 7 heteroatoms. The number of amides is 1. The lowest BCUT2D eigenvalue weighted by Gasteiger charge is -2.21. The molecule has 0 aliphatic heterocycles. The molecule has 0 heterocycles. The predicted octanol–water partition coefficient (Wildman–Crippen LogP) is 0.713. The van der Waals surface area contributed by atoms with E-state index in [9.17, 15) is 14.4 Å². The van der Waals surface area contributed by atoms with Gasteiger partial charge in [0.25, 0.3) is 0 Å². The van der Waals surface area contributed by atoms with Crippen LogP contribution < -0.4 is 5.32 Å². The first kappa shape index (κ1) is 18.4. The van der Waals surface area contributed by atoms with Gasteiger partial charge >= 0.3 is 11.9 Å². The summed E-state index contributed by atoms with van der Waals surface area (Å²) in [7, 11) is 0. The van der Waals surface area contributed by atoms with Crippen LogP contribution in [0.5, 0.6) is 0 Å². The molecule has 0 unspecified atom stereocenters. The standard InChI is InChI=1S/C13H23NO6/c1-8(2)19-7-10(15)14-9(12(17)18)6-11(16)20-13(3,4)5/h8-9H,6-7H2,1-5H3,(H,14,15)(H,17,18)/t9-/m0/s1. The smallest absolute Gasteiger partial charge is 0.326 e. The Bertz CT molecular complexity index is 358. The maximum atomic E-state index is 11.6. The predicted molar refractivity (Wildman–Crippen MR) is 71.1 cm³/mol. The zero-order chi connectivity index (χ0) is 15.9. The van der Waals surface area contributed by atoms with E-state index in [0.717, 1.165) is 0 Å². The summed E-state index contributed by atoms with van der Waals surface area (Å²) in [5, 5.41) is 11.2. The molecule has 0 aromatic heterocycles. The fraction of sp³-hybridized carbons (Fsp3) is 0.769. The van der Waals surface area contributed by atoms with Crippen molar-refractivity contribution in [2.75, 3.05) is 6.61 Å². The molecule has 7 nitrogen and oxygen atoms in total. The van der Waals surface area contributed by atoms with Crippen molar-refractivity contribution in [3.8, 4) is 0 Å². The van der Waals surface area contributed by atoms with E-state index < -0.39 is 35.9 Å². The van der Waals surface area contributed by atoms with Crippen LogP contribution in [0, 0.1) is 0 Å². The number of rotatable bonds is 7. The van der Waals surface area contributed by atoms with Crippen LogP contribution in [-0.2, 0) is 23.9 Å². The number of carbonyl (C=O) groups is 3. The number of aliphatic carboxylic acids is 1. The highest BCUT2D eigenvalue weighted by Gasteiger charge is 2.26. The zero-order valence-electron chi connectivity index (χ0n) is 12.6. The molecule has 0 aliphatic rings. The first-order valence-electron chi connectivity index (χ1n) is 6.37. The van der Waals surface area contributed by atoms with Crippen LogP contribution in [0.25, 0.3) is 0 Å². The lowest BCUT2D eigenvalue weighted by Crippen LogP contribution is -2.44. The molecule has 0 radical (unpaired) electrons. The van der Waals surface area contributed by atoms with E-state index in [2.05, 4.69) is 5.32 Å². The van der Waals surface area contributed by atoms with Gasteiger partial charge in [0.05, 0.1) is 12.5 Å². The minimum absolute atomic E-state index is 0.144. The summed E-state index contributed by atoms with van der Waals surface area (Å²) >= 11 is 0. The van der Waals surface area contributed by atoms with Crippen molar-refractivity contribution in [1.82, 2.24) is 5.32 Å². The summed E-state index contributed by atoms with van der Waals surface area (Å²) < 4.78 is 10.1. The van der Waals surface area contributed by atoms with Gasteiger partial charge < -0.3 is 19.9 Å². The van der Waals surface area contributed by atoms with Crippen LogP contribution in [0.4, 0.5) is 0 Å². The average Bonchev–Trinajstić information content (AvgIpc) is 2.22. The second kappa shape index (κ2) is 7.84. The Morgan fingerprint density at radius 1 is 1.20 bits per heavy atom. The van der Waals surface area contributed by atoms with Gasteiger partial charge in [-0.3, -0.25) is 9.59 Å². The third-order valence-corrected chi connectivity index (χ3v) is 1.97. The SMILES string of the molecule is CC(C)OCC(=O)N[C@@H](CC(=O)OC(C)(C)C)C(=O)O. The van der Waals surface area contributed by atoms with Gasteiger partial charge in [-0.1, -0.05) is 0 Å². The first-order chi connectivity index (χ1) is 9.01. The number of esters is 1. The van der Waals surface area contributed by atoms with Crippen LogP contribution in [0.15, 0.2) is 0 Å². The maximum Gasteiger partial charge on any atom is 0.326 e. The molecule has 0 aromatic carbocycles. The van der Waals surface area contributed by atoms with Crippen LogP contribution in [0.2, 0.25) is 0 Å². The Hall–Kier alpha value is -1.63. The molecular weight excluding hydrogens is 266 g/mol. The molecule has 116 valence electrons. The molecule has 0 aliphatic carbocycles. The summed E-state index contributed by atoms with van der Waals surface area (Å²) in [4.78, 5) is 34.0. The number of hydrogen-bond donors (Lipinski definition) is 2. The van der Waals surface area contributed by atoms with Crippen LogP contribution in [-0.4, -0.2) is 47.3 Å². The van der Waals surface area contributed by atoms with E-state index in [-0.39, 0.29) is 12.7 Å². The Morgan fingerprint density at radius 2 is 1.75 bits per heavy atom. The second-order valence-corrected chi connectivity index (χ2v) is 5.61. The first-order valence-corrected chi connectivity index (χ1v) is 6.37. The molecule has 1 atom stereocenters. The fourth-order valence-electron chi connectivity index (χ4n) is 1.23. The topological polar surface area (TPSA) is 102 Å². The number of carbonyl (C=O) groups excluding carboxylic acids is 2. The Labute approximate surface area is 118 Å². The molecule has 0 rings (SSSR count). The largest absolute Gasteiger partial charge is 0.480 e. The third-order valence-electron chi connectivity index (χ3n) is 1.97. The van der Waals surface area contributed by atoms with Crippen LogP contribution in [0.3, 0.4) is 0 Å². The van der Waals surface area contributed by atoms with Crippen molar-refractivity contribution in [3.05, 3.63) is 0 Å². The van der Waals surface area contributed by atoms with E-state index in [0.29, 0.717) is 0 Å². The van der Waals surface area contributed by atoms with Crippen LogP contribution in [0.1, 0.15) is 41.0 Å². The number of nitrogens with one attached hydrogen (secondary N) is 1. The monoisotopic (exact) mass is 289 g/mol. The van der Waals surface area contributed by atoms with Gasteiger partial charge in [0, 0.05) is 0 Å². The normalized spacial score (nSPS) is 12.9. The maximum absolute atomic E-state index is 11.6. The van der Waals surface area contributed by atoms with Crippen molar-refractivity contribution in [1.29, 1.82) is 0 Å². The molecule has 0 spiro atoms. The van der Waals surface area contributed by atoms with E-state index in [1.54, 1.807) is 34.6 Å². The summed E-state index contributed by atoms with van der Waals surface area (Å²) in [6, 6.07) is -1.33. The van der Waals surface area contributed by atoms with E-state index in [1.165, 1.54) is 0 Å². The van der Waals surface area contributed by atoms with E-state index in [1.807, 2.05) is 0 Å². The Morgan fingerprint density at radius 3 is 2.15 bits per heavy atom. The van der Waals surface area contributed by atoms with Gasteiger partial charge in [0.1, 0.15) is 18.2 Å². The number of hydrogen-bond acceptors (Lipinski definition) is 5. The summed E-state index contributed by atoms with van der Waals surface area (Å²) in [6.45, 7) is 8.28. The minimum atomic E-state index is -1.33. The highest BCUT2D eigenvalue weighted by molar-refractivity contribution is 5.87. The van der Waals surface area contributed by atoms with Gasteiger partial charge in [0.15, 0.2) is 0 Å². The zero-order valence-corrected chi connectivity index (χ0v) is 12.6. The molecule has 0 bridgehead atoms. The van der Waals surface area contributed by atoms with Gasteiger partial charge in [-0.2, -0.15) is 0 Å². The summed E-state index contributed by atoms with van der Waals surface area (Å²) in [6.07, 6.45) is -0.574. The molecule has 0 saturated carbocycles. The molecule has 0 aromatic rings. The Balaban J connectivity index is 4.41. The minimum Gasteiger partial charge on any atom is -0.480 e. The van der Waals surface area contributed by atoms with Gasteiger partial charge in [-0.25, -0.2) is 4.79 Å².